The minimum Gasteiger partial charge on any atom is -0.379 e. The summed E-state index contributed by atoms with van der Waals surface area (Å²) in [5, 5.41) is 5.42. The number of piperidine rings is 1. The molecule has 0 spiro atoms. The molecule has 0 aliphatic carbocycles. The largest absolute Gasteiger partial charge is 0.379 e. The molecule has 1 atom stereocenters. The summed E-state index contributed by atoms with van der Waals surface area (Å²) in [6.07, 6.45) is 0.912. The van der Waals surface area contributed by atoms with Crippen LogP contribution in [0.1, 0.15) is 19.3 Å². The quantitative estimate of drug-likeness (QED) is 0.637. The van der Waals surface area contributed by atoms with Crippen LogP contribution in [0.3, 0.4) is 0 Å². The zero-order valence-electron chi connectivity index (χ0n) is 11.8. The molecule has 0 saturated carbocycles. The lowest BCUT2D eigenvalue weighted by molar-refractivity contribution is -0.125. The van der Waals surface area contributed by atoms with Gasteiger partial charge in [0.15, 0.2) is 0 Å². The molecule has 21 heavy (non-hydrogen) atoms. The highest BCUT2D eigenvalue weighted by atomic mass is 32.2. The van der Waals surface area contributed by atoms with Crippen LogP contribution in [0, 0.1) is 0 Å². The van der Waals surface area contributed by atoms with Gasteiger partial charge in [0.05, 0.1) is 19.0 Å². The summed E-state index contributed by atoms with van der Waals surface area (Å²) in [6, 6.07) is -0.110. The SMILES string of the molecule is O=C1CCC(NC(=O)CCS(=O)(=O)N2CCOCC2)CN1. The maximum atomic E-state index is 12.1. The van der Waals surface area contributed by atoms with E-state index in [2.05, 4.69) is 10.6 Å². The van der Waals surface area contributed by atoms with Gasteiger partial charge < -0.3 is 15.4 Å². The molecular weight excluding hydrogens is 298 g/mol. The van der Waals surface area contributed by atoms with E-state index in [0.29, 0.717) is 45.7 Å². The Morgan fingerprint density at radius 3 is 2.71 bits per heavy atom. The number of nitrogens with zero attached hydrogens (tertiary/aromatic N) is 1. The Labute approximate surface area is 124 Å². The van der Waals surface area contributed by atoms with Crippen molar-refractivity contribution in [1.82, 2.24) is 14.9 Å². The molecule has 2 heterocycles. The third-order valence-electron chi connectivity index (χ3n) is 3.58. The number of hydrogen-bond acceptors (Lipinski definition) is 5. The second-order valence-electron chi connectivity index (χ2n) is 5.18. The first-order valence-corrected chi connectivity index (χ1v) is 8.70. The molecule has 2 rings (SSSR count). The van der Waals surface area contributed by atoms with Gasteiger partial charge in [-0.25, -0.2) is 8.42 Å². The summed E-state index contributed by atoms with van der Waals surface area (Å²) in [7, 11) is -3.41. The van der Waals surface area contributed by atoms with Gasteiger partial charge >= 0.3 is 0 Å². The third kappa shape index (κ3) is 4.94. The Balaban J connectivity index is 1.74. The van der Waals surface area contributed by atoms with Gasteiger partial charge in [-0.1, -0.05) is 0 Å². The minimum atomic E-state index is -3.41. The Morgan fingerprint density at radius 1 is 1.38 bits per heavy atom. The first-order chi connectivity index (χ1) is 9.97. The van der Waals surface area contributed by atoms with Gasteiger partial charge in [0.25, 0.3) is 0 Å². The van der Waals surface area contributed by atoms with Crippen molar-refractivity contribution >= 4 is 21.8 Å². The number of nitrogens with one attached hydrogen (secondary N) is 2. The van der Waals surface area contributed by atoms with E-state index in [-0.39, 0.29) is 30.0 Å². The summed E-state index contributed by atoms with van der Waals surface area (Å²) in [4.78, 5) is 22.8. The summed E-state index contributed by atoms with van der Waals surface area (Å²) in [6.45, 7) is 1.89. The standard InChI is InChI=1S/C12H21N3O5S/c16-11-2-1-10(9-13-11)14-12(17)3-8-21(18,19)15-4-6-20-7-5-15/h10H,1-9H2,(H,13,16)(H,14,17). The van der Waals surface area contributed by atoms with Crippen molar-refractivity contribution in [1.29, 1.82) is 0 Å². The highest BCUT2D eigenvalue weighted by Crippen LogP contribution is 2.08. The van der Waals surface area contributed by atoms with Crippen LogP contribution in [-0.4, -0.2) is 69.2 Å². The lowest BCUT2D eigenvalue weighted by Crippen LogP contribution is -2.48. The maximum absolute atomic E-state index is 12.1. The van der Waals surface area contributed by atoms with Gasteiger partial charge in [0.1, 0.15) is 0 Å². The van der Waals surface area contributed by atoms with E-state index < -0.39 is 10.0 Å². The van der Waals surface area contributed by atoms with Gasteiger partial charge in [-0.15, -0.1) is 0 Å². The van der Waals surface area contributed by atoms with E-state index in [0.717, 1.165) is 0 Å². The fourth-order valence-electron chi connectivity index (χ4n) is 2.33. The van der Waals surface area contributed by atoms with Crippen LogP contribution in [-0.2, 0) is 24.3 Å². The van der Waals surface area contributed by atoms with Crippen molar-refractivity contribution in [2.75, 3.05) is 38.6 Å². The van der Waals surface area contributed by atoms with Gasteiger partial charge in [-0.05, 0) is 6.42 Å². The number of carbonyl (C=O) groups excluding carboxylic acids is 2. The van der Waals surface area contributed by atoms with Crippen LogP contribution in [0.5, 0.6) is 0 Å². The smallest absolute Gasteiger partial charge is 0.221 e. The fraction of sp³-hybridized carbons (Fsp3) is 0.833. The molecule has 2 aliphatic heterocycles. The molecule has 120 valence electrons. The monoisotopic (exact) mass is 319 g/mol. The maximum Gasteiger partial charge on any atom is 0.221 e. The second kappa shape index (κ2) is 7.19. The summed E-state index contributed by atoms with van der Waals surface area (Å²) >= 11 is 0. The molecule has 0 bridgehead atoms. The fourth-order valence-corrected chi connectivity index (χ4v) is 3.74. The molecule has 9 heteroatoms. The van der Waals surface area contributed by atoms with Crippen LogP contribution in [0.15, 0.2) is 0 Å². The number of rotatable bonds is 5. The molecule has 1 unspecified atom stereocenters. The molecule has 2 fully saturated rings. The molecule has 2 amide bonds. The van der Waals surface area contributed by atoms with Gasteiger partial charge in [-0.2, -0.15) is 4.31 Å². The molecule has 0 radical (unpaired) electrons. The first-order valence-electron chi connectivity index (χ1n) is 7.09. The zero-order chi connectivity index (χ0) is 15.3. The highest BCUT2D eigenvalue weighted by Gasteiger charge is 2.26. The summed E-state index contributed by atoms with van der Waals surface area (Å²) in [5.74, 6) is -0.513. The number of sulfonamides is 1. The van der Waals surface area contributed by atoms with E-state index in [9.17, 15) is 18.0 Å². The minimum absolute atomic E-state index is 0.0182. The predicted molar refractivity (Wildman–Crippen MR) is 75.0 cm³/mol. The van der Waals surface area contributed by atoms with Crippen LogP contribution >= 0.6 is 0 Å². The van der Waals surface area contributed by atoms with Crippen molar-refractivity contribution in [2.45, 2.75) is 25.3 Å². The van der Waals surface area contributed by atoms with Crippen LogP contribution in [0.2, 0.25) is 0 Å². The third-order valence-corrected chi connectivity index (χ3v) is 5.45. The van der Waals surface area contributed by atoms with Crippen molar-refractivity contribution in [3.63, 3.8) is 0 Å². The summed E-state index contributed by atoms with van der Waals surface area (Å²) in [5.41, 5.74) is 0. The molecule has 8 nitrogen and oxygen atoms in total. The topological polar surface area (TPSA) is 105 Å². The average Bonchev–Trinajstić information content (AvgIpc) is 2.49. The normalized spacial score (nSPS) is 24.4. The number of hydrogen-bond donors (Lipinski definition) is 2. The van der Waals surface area contributed by atoms with E-state index in [1.165, 1.54) is 4.31 Å². The Hall–Kier alpha value is -1.19. The number of carbonyl (C=O) groups is 2. The Kier molecular flexibility index (Phi) is 5.54. The number of amides is 2. The molecule has 2 aliphatic rings. The lowest BCUT2D eigenvalue weighted by Gasteiger charge is -2.26. The van der Waals surface area contributed by atoms with Crippen molar-refractivity contribution < 1.29 is 22.7 Å². The average molecular weight is 319 g/mol. The highest BCUT2D eigenvalue weighted by molar-refractivity contribution is 7.89. The Bertz CT molecular complexity index is 477. The van der Waals surface area contributed by atoms with Crippen molar-refractivity contribution in [3.05, 3.63) is 0 Å². The van der Waals surface area contributed by atoms with Crippen LogP contribution < -0.4 is 10.6 Å². The van der Waals surface area contributed by atoms with Gasteiger partial charge in [0, 0.05) is 38.5 Å². The van der Waals surface area contributed by atoms with Crippen LogP contribution in [0.25, 0.3) is 0 Å². The molecule has 0 aromatic rings. The first kappa shape index (κ1) is 16.2. The van der Waals surface area contributed by atoms with Crippen molar-refractivity contribution in [2.24, 2.45) is 0 Å². The van der Waals surface area contributed by atoms with E-state index >= 15 is 0 Å². The lowest BCUT2D eigenvalue weighted by atomic mass is 10.1. The van der Waals surface area contributed by atoms with Crippen LogP contribution in [0.4, 0.5) is 0 Å². The van der Waals surface area contributed by atoms with Crippen molar-refractivity contribution in [3.8, 4) is 0 Å². The predicted octanol–water partition coefficient (Wildman–Crippen LogP) is -1.57. The number of morpholine rings is 1. The molecule has 0 aromatic heterocycles. The molecule has 2 saturated heterocycles. The molecule has 0 aromatic carbocycles. The second-order valence-corrected chi connectivity index (χ2v) is 7.27. The molecular formula is C12H21N3O5S. The molecule has 2 N–H and O–H groups in total. The van der Waals surface area contributed by atoms with E-state index in [4.69, 9.17) is 4.74 Å². The van der Waals surface area contributed by atoms with E-state index in [1.807, 2.05) is 0 Å². The number of ether oxygens (including phenoxy) is 1. The summed E-state index contributed by atoms with van der Waals surface area (Å²) < 4.78 is 30.6. The van der Waals surface area contributed by atoms with E-state index in [1.54, 1.807) is 0 Å². The zero-order valence-corrected chi connectivity index (χ0v) is 12.7. The van der Waals surface area contributed by atoms with Gasteiger partial charge in [0.2, 0.25) is 21.8 Å². The Morgan fingerprint density at radius 2 is 2.10 bits per heavy atom. The van der Waals surface area contributed by atoms with Gasteiger partial charge in [-0.3, -0.25) is 9.59 Å².